The summed E-state index contributed by atoms with van der Waals surface area (Å²) in [6.45, 7) is 0.590. The number of rotatable bonds is 8. The number of amides is 1. The van der Waals surface area contributed by atoms with Crippen molar-refractivity contribution in [3.63, 3.8) is 0 Å². The fraction of sp³-hybridized carbons (Fsp3) is 0.208. The molecular formula is C24H25NO. The van der Waals surface area contributed by atoms with Gasteiger partial charge in [-0.05, 0) is 41.5 Å². The van der Waals surface area contributed by atoms with Gasteiger partial charge < -0.3 is 5.32 Å². The number of carbonyl (C=O) groups is 1. The predicted molar refractivity (Wildman–Crippen MR) is 108 cm³/mol. The molecule has 1 amide bonds. The van der Waals surface area contributed by atoms with Crippen LogP contribution in [0.1, 0.15) is 30.4 Å². The van der Waals surface area contributed by atoms with E-state index in [1.807, 2.05) is 24.3 Å². The van der Waals surface area contributed by atoms with Gasteiger partial charge in [0.2, 0.25) is 5.91 Å². The van der Waals surface area contributed by atoms with Gasteiger partial charge in [-0.2, -0.15) is 0 Å². The van der Waals surface area contributed by atoms with E-state index in [1.54, 1.807) is 0 Å². The largest absolute Gasteiger partial charge is 0.352 e. The van der Waals surface area contributed by atoms with Crippen LogP contribution in [0.25, 0.3) is 11.1 Å². The molecule has 3 rings (SSSR count). The van der Waals surface area contributed by atoms with Crippen LogP contribution in [0.2, 0.25) is 0 Å². The van der Waals surface area contributed by atoms with Crippen LogP contribution in [0.4, 0.5) is 0 Å². The molecule has 0 radical (unpaired) electrons. The van der Waals surface area contributed by atoms with Crippen LogP contribution in [0, 0.1) is 0 Å². The lowest BCUT2D eigenvalue weighted by Crippen LogP contribution is -2.22. The van der Waals surface area contributed by atoms with E-state index in [4.69, 9.17) is 0 Å². The molecule has 0 aliphatic heterocycles. The smallest absolute Gasteiger partial charge is 0.220 e. The molecule has 0 atom stereocenters. The van der Waals surface area contributed by atoms with Gasteiger partial charge in [0.15, 0.2) is 0 Å². The van der Waals surface area contributed by atoms with Crippen LogP contribution < -0.4 is 5.32 Å². The number of nitrogens with one attached hydrogen (secondary N) is 1. The molecule has 0 aliphatic rings. The summed E-state index contributed by atoms with van der Waals surface area (Å²) < 4.78 is 0. The summed E-state index contributed by atoms with van der Waals surface area (Å²) in [4.78, 5) is 12.0. The molecular weight excluding hydrogens is 318 g/mol. The first-order valence-corrected chi connectivity index (χ1v) is 9.26. The molecule has 0 heterocycles. The molecule has 2 heteroatoms. The van der Waals surface area contributed by atoms with E-state index < -0.39 is 0 Å². The fourth-order valence-corrected chi connectivity index (χ4v) is 2.99. The molecule has 3 aromatic carbocycles. The zero-order valence-corrected chi connectivity index (χ0v) is 15.0. The lowest BCUT2D eigenvalue weighted by atomic mass is 10.0. The second kappa shape index (κ2) is 9.57. The van der Waals surface area contributed by atoms with E-state index in [9.17, 15) is 4.79 Å². The Hall–Kier alpha value is -2.87. The van der Waals surface area contributed by atoms with E-state index in [1.165, 1.54) is 16.7 Å². The SMILES string of the molecule is O=C(CCCCc1ccccc1)NCc1ccc(-c2ccccc2)cc1. The Balaban J connectivity index is 1.37. The summed E-state index contributed by atoms with van der Waals surface area (Å²) >= 11 is 0. The standard InChI is InChI=1S/C24H25NO/c26-24(14-8-7-11-20-9-3-1-4-10-20)25-19-21-15-17-23(18-16-21)22-12-5-2-6-13-22/h1-6,9-10,12-13,15-18H,7-8,11,14,19H2,(H,25,26). The Kier molecular flexibility index (Phi) is 6.60. The van der Waals surface area contributed by atoms with E-state index in [2.05, 4.69) is 66.0 Å². The van der Waals surface area contributed by atoms with Gasteiger partial charge in [0.25, 0.3) is 0 Å². The summed E-state index contributed by atoms with van der Waals surface area (Å²) in [6, 6.07) is 29.1. The number of benzene rings is 3. The molecule has 3 aromatic rings. The van der Waals surface area contributed by atoms with Crippen molar-refractivity contribution < 1.29 is 4.79 Å². The fourth-order valence-electron chi connectivity index (χ4n) is 2.99. The van der Waals surface area contributed by atoms with Crippen LogP contribution in [0.3, 0.4) is 0 Å². The Morgan fingerprint density at radius 2 is 1.27 bits per heavy atom. The van der Waals surface area contributed by atoms with Gasteiger partial charge in [-0.25, -0.2) is 0 Å². The van der Waals surface area contributed by atoms with Crippen molar-refractivity contribution in [2.75, 3.05) is 0 Å². The lowest BCUT2D eigenvalue weighted by molar-refractivity contribution is -0.121. The summed E-state index contributed by atoms with van der Waals surface area (Å²) in [6.07, 6.45) is 3.60. The van der Waals surface area contributed by atoms with E-state index >= 15 is 0 Å². The van der Waals surface area contributed by atoms with Crippen LogP contribution in [0.15, 0.2) is 84.9 Å². The van der Waals surface area contributed by atoms with Gasteiger partial charge >= 0.3 is 0 Å². The molecule has 0 aliphatic carbocycles. The highest BCUT2D eigenvalue weighted by atomic mass is 16.1. The van der Waals surface area contributed by atoms with Crippen LogP contribution >= 0.6 is 0 Å². The summed E-state index contributed by atoms with van der Waals surface area (Å²) in [5.41, 5.74) is 4.87. The molecule has 2 nitrogen and oxygen atoms in total. The number of carbonyl (C=O) groups excluding carboxylic acids is 1. The van der Waals surface area contributed by atoms with Crippen LogP contribution in [0.5, 0.6) is 0 Å². The highest BCUT2D eigenvalue weighted by molar-refractivity contribution is 5.75. The first kappa shape index (κ1) is 17.9. The van der Waals surface area contributed by atoms with Gasteiger partial charge in [-0.1, -0.05) is 84.9 Å². The van der Waals surface area contributed by atoms with Gasteiger partial charge in [0.1, 0.15) is 0 Å². The molecule has 26 heavy (non-hydrogen) atoms. The molecule has 132 valence electrons. The van der Waals surface area contributed by atoms with Crippen LogP contribution in [-0.2, 0) is 17.8 Å². The number of hydrogen-bond acceptors (Lipinski definition) is 1. The molecule has 0 spiro atoms. The Morgan fingerprint density at radius 1 is 0.654 bits per heavy atom. The molecule has 0 fully saturated rings. The maximum Gasteiger partial charge on any atom is 0.220 e. The molecule has 0 aromatic heterocycles. The lowest BCUT2D eigenvalue weighted by Gasteiger charge is -2.07. The number of aryl methyl sites for hydroxylation is 1. The van der Waals surface area contributed by atoms with Crippen LogP contribution in [-0.4, -0.2) is 5.91 Å². The predicted octanol–water partition coefficient (Wildman–Crippen LogP) is 5.38. The van der Waals surface area contributed by atoms with Crippen molar-refractivity contribution in [1.82, 2.24) is 5.32 Å². The highest BCUT2D eigenvalue weighted by Gasteiger charge is 2.03. The van der Waals surface area contributed by atoms with Gasteiger partial charge in [-0.15, -0.1) is 0 Å². The minimum Gasteiger partial charge on any atom is -0.352 e. The Bertz CT molecular complexity index is 795. The molecule has 0 unspecified atom stereocenters. The average Bonchev–Trinajstić information content (AvgIpc) is 2.71. The van der Waals surface area contributed by atoms with E-state index in [0.29, 0.717) is 13.0 Å². The van der Waals surface area contributed by atoms with Gasteiger partial charge in [0.05, 0.1) is 0 Å². The minimum atomic E-state index is 0.130. The molecule has 0 saturated carbocycles. The van der Waals surface area contributed by atoms with Gasteiger partial charge in [0, 0.05) is 13.0 Å². The van der Waals surface area contributed by atoms with Gasteiger partial charge in [-0.3, -0.25) is 4.79 Å². The average molecular weight is 343 g/mol. The maximum absolute atomic E-state index is 12.0. The normalized spacial score (nSPS) is 10.5. The first-order chi connectivity index (χ1) is 12.8. The quantitative estimate of drug-likeness (QED) is 0.546. The Morgan fingerprint density at radius 3 is 1.96 bits per heavy atom. The second-order valence-electron chi connectivity index (χ2n) is 6.53. The van der Waals surface area contributed by atoms with Crippen molar-refractivity contribution in [2.45, 2.75) is 32.2 Å². The first-order valence-electron chi connectivity index (χ1n) is 9.26. The highest BCUT2D eigenvalue weighted by Crippen LogP contribution is 2.19. The van der Waals surface area contributed by atoms with E-state index in [-0.39, 0.29) is 5.91 Å². The summed E-state index contributed by atoms with van der Waals surface area (Å²) in [5.74, 6) is 0.130. The third kappa shape index (κ3) is 5.59. The summed E-state index contributed by atoms with van der Waals surface area (Å²) in [7, 11) is 0. The third-order valence-electron chi connectivity index (χ3n) is 4.51. The van der Waals surface area contributed by atoms with Crippen molar-refractivity contribution in [3.05, 3.63) is 96.1 Å². The number of hydrogen-bond donors (Lipinski definition) is 1. The monoisotopic (exact) mass is 343 g/mol. The molecule has 0 bridgehead atoms. The van der Waals surface area contributed by atoms with Crippen molar-refractivity contribution >= 4 is 5.91 Å². The maximum atomic E-state index is 12.0. The zero-order valence-electron chi connectivity index (χ0n) is 15.0. The Labute approximate surface area is 155 Å². The van der Waals surface area contributed by atoms with Crippen molar-refractivity contribution in [3.8, 4) is 11.1 Å². The number of unbranched alkanes of at least 4 members (excludes halogenated alkanes) is 1. The minimum absolute atomic E-state index is 0.130. The van der Waals surface area contributed by atoms with E-state index in [0.717, 1.165) is 24.8 Å². The van der Waals surface area contributed by atoms with Crippen molar-refractivity contribution in [1.29, 1.82) is 0 Å². The topological polar surface area (TPSA) is 29.1 Å². The molecule has 1 N–H and O–H groups in total. The second-order valence-corrected chi connectivity index (χ2v) is 6.53. The zero-order chi connectivity index (χ0) is 18.0. The third-order valence-corrected chi connectivity index (χ3v) is 4.51. The summed E-state index contributed by atoms with van der Waals surface area (Å²) in [5, 5.41) is 3.02. The molecule has 0 saturated heterocycles. The van der Waals surface area contributed by atoms with Crippen molar-refractivity contribution in [2.24, 2.45) is 0 Å².